The molecule has 2 nitrogen and oxygen atoms in total. The molecule has 2 aliphatic rings. The van der Waals surface area contributed by atoms with Gasteiger partial charge >= 0.3 is 0 Å². The number of hydrogen-bond donors (Lipinski definition) is 0. The third-order valence-electron chi connectivity index (χ3n) is 3.41. The van der Waals surface area contributed by atoms with Gasteiger partial charge in [-0.2, -0.15) is 0 Å². The highest BCUT2D eigenvalue weighted by atomic mass is 16.1. The summed E-state index contributed by atoms with van der Waals surface area (Å²) in [5, 5.41) is 0. The molecule has 2 aromatic heterocycles. The molecule has 1 aliphatic carbocycles. The summed E-state index contributed by atoms with van der Waals surface area (Å²) in [5.41, 5.74) is 6.39. The Hall–Kier alpha value is -2.35. The van der Waals surface area contributed by atoms with Gasteiger partial charge < -0.3 is 4.40 Å². The van der Waals surface area contributed by atoms with Crippen LogP contribution in [0.1, 0.15) is 10.4 Å². The maximum atomic E-state index is 11.0. The molecule has 0 amide bonds. The van der Waals surface area contributed by atoms with Gasteiger partial charge in [-0.05, 0) is 47.5 Å². The minimum Gasteiger partial charge on any atom is -0.310 e. The first-order valence-corrected chi connectivity index (χ1v) is 5.58. The van der Waals surface area contributed by atoms with Gasteiger partial charge in [0.25, 0.3) is 0 Å². The van der Waals surface area contributed by atoms with Gasteiger partial charge in [-0.25, -0.2) is 0 Å². The van der Waals surface area contributed by atoms with Crippen LogP contribution in [0.4, 0.5) is 0 Å². The third-order valence-corrected chi connectivity index (χ3v) is 3.41. The molecule has 0 fully saturated rings. The Balaban J connectivity index is 2.29. The molecule has 17 heavy (non-hydrogen) atoms. The predicted octanol–water partition coefficient (Wildman–Crippen LogP) is 3.45. The van der Waals surface area contributed by atoms with Crippen LogP contribution in [0.25, 0.3) is 27.7 Å². The summed E-state index contributed by atoms with van der Waals surface area (Å²) in [5.74, 6) is 0. The van der Waals surface area contributed by atoms with Crippen LogP contribution < -0.4 is 0 Å². The van der Waals surface area contributed by atoms with E-state index in [1.54, 1.807) is 0 Å². The van der Waals surface area contributed by atoms with Crippen LogP contribution >= 0.6 is 0 Å². The molecule has 0 aromatic carbocycles. The molecule has 1 aliphatic heterocycles. The second-order valence-electron chi connectivity index (χ2n) is 4.34. The maximum Gasteiger partial charge on any atom is 0.150 e. The summed E-state index contributed by atoms with van der Waals surface area (Å²) < 4.78 is 2.20. The Morgan fingerprint density at radius 3 is 2.29 bits per heavy atom. The number of aldehydes is 1. The van der Waals surface area contributed by atoms with Crippen LogP contribution in [0.2, 0.25) is 0 Å². The molecule has 2 aromatic rings. The van der Waals surface area contributed by atoms with Crippen LogP contribution in [-0.4, -0.2) is 10.7 Å². The molecule has 0 N–H and O–H groups in total. The van der Waals surface area contributed by atoms with Crippen molar-refractivity contribution in [3.8, 4) is 11.1 Å². The van der Waals surface area contributed by atoms with E-state index in [0.29, 0.717) is 0 Å². The molecule has 0 spiro atoms. The van der Waals surface area contributed by atoms with E-state index >= 15 is 0 Å². The molecular weight excluding hydrogens is 210 g/mol. The van der Waals surface area contributed by atoms with Gasteiger partial charge in [-0.1, -0.05) is 12.1 Å². The average molecular weight is 219 g/mol. The van der Waals surface area contributed by atoms with Gasteiger partial charge in [-0.3, -0.25) is 4.79 Å². The molecule has 80 valence electrons. The number of nitrogens with zero attached hydrogens (tertiary/aromatic N) is 1. The first-order chi connectivity index (χ1) is 8.36. The Labute approximate surface area is 97.8 Å². The monoisotopic (exact) mass is 219 g/mol. The highest BCUT2D eigenvalue weighted by molar-refractivity contribution is 5.93. The number of rotatable bonds is 1. The number of carbonyl (C=O) groups is 1. The molecule has 4 rings (SSSR count). The fourth-order valence-corrected chi connectivity index (χ4v) is 2.60. The molecule has 3 heterocycles. The van der Waals surface area contributed by atoms with Crippen molar-refractivity contribution in [1.29, 1.82) is 0 Å². The molecule has 0 saturated heterocycles. The van der Waals surface area contributed by atoms with E-state index in [-0.39, 0.29) is 0 Å². The predicted molar refractivity (Wildman–Crippen MR) is 68.1 cm³/mol. The molecule has 0 bridgehead atoms. The molecule has 2 heteroatoms. The summed E-state index contributed by atoms with van der Waals surface area (Å²) in [6.07, 6.45) is 0.921. The lowest BCUT2D eigenvalue weighted by Crippen LogP contribution is -1.76. The average Bonchev–Trinajstić information content (AvgIpc) is 2.98. The molecule has 0 saturated carbocycles. The summed E-state index contributed by atoms with van der Waals surface area (Å²) in [6, 6.07) is 16.5. The fourth-order valence-electron chi connectivity index (χ4n) is 2.60. The van der Waals surface area contributed by atoms with E-state index < -0.39 is 0 Å². The van der Waals surface area contributed by atoms with Crippen molar-refractivity contribution in [2.24, 2.45) is 0 Å². The Morgan fingerprint density at radius 2 is 1.53 bits per heavy atom. The van der Waals surface area contributed by atoms with Gasteiger partial charge in [0, 0.05) is 22.1 Å². The fraction of sp³-hybridized carbons (Fsp3) is 0. The first-order valence-electron chi connectivity index (χ1n) is 5.58. The van der Waals surface area contributed by atoms with Crippen LogP contribution in [0, 0.1) is 0 Å². The van der Waals surface area contributed by atoms with Gasteiger partial charge in [0.2, 0.25) is 0 Å². The minimum absolute atomic E-state index is 0.761. The van der Waals surface area contributed by atoms with Crippen molar-refractivity contribution in [2.75, 3.05) is 0 Å². The van der Waals surface area contributed by atoms with Crippen LogP contribution in [0.5, 0.6) is 0 Å². The zero-order chi connectivity index (χ0) is 11.4. The van der Waals surface area contributed by atoms with E-state index in [0.717, 1.165) is 34.0 Å². The molecule has 0 atom stereocenters. The van der Waals surface area contributed by atoms with E-state index in [1.807, 2.05) is 12.1 Å². The van der Waals surface area contributed by atoms with Crippen molar-refractivity contribution in [1.82, 2.24) is 4.40 Å². The van der Waals surface area contributed by atoms with E-state index in [4.69, 9.17) is 0 Å². The lowest BCUT2D eigenvalue weighted by molar-refractivity contribution is 0.112. The summed E-state index contributed by atoms with van der Waals surface area (Å²) in [6.45, 7) is 0. The molecule has 0 radical (unpaired) electrons. The van der Waals surface area contributed by atoms with Crippen molar-refractivity contribution in [2.45, 2.75) is 0 Å². The topological polar surface area (TPSA) is 21.5 Å². The number of hydrogen-bond acceptors (Lipinski definition) is 1. The van der Waals surface area contributed by atoms with Crippen LogP contribution in [-0.2, 0) is 0 Å². The number of fused-ring (bicyclic) bond motifs is 1. The Bertz CT molecular complexity index is 812. The minimum atomic E-state index is 0.761. The van der Waals surface area contributed by atoms with Gasteiger partial charge in [0.05, 0.1) is 0 Å². The van der Waals surface area contributed by atoms with E-state index in [2.05, 4.69) is 40.8 Å². The highest BCUT2D eigenvalue weighted by Crippen LogP contribution is 2.31. The zero-order valence-corrected chi connectivity index (χ0v) is 9.05. The lowest BCUT2D eigenvalue weighted by atomic mass is 10.1. The van der Waals surface area contributed by atoms with Gasteiger partial charge in [-0.15, -0.1) is 0 Å². The first kappa shape index (κ1) is 8.76. The normalized spacial score (nSPS) is 11.8. The van der Waals surface area contributed by atoms with Crippen molar-refractivity contribution < 1.29 is 4.79 Å². The summed E-state index contributed by atoms with van der Waals surface area (Å²) >= 11 is 0. The second-order valence-corrected chi connectivity index (χ2v) is 4.34. The lowest BCUT2D eigenvalue weighted by Gasteiger charge is -1.91. The zero-order valence-electron chi connectivity index (χ0n) is 9.05. The summed E-state index contributed by atoms with van der Waals surface area (Å²) in [7, 11) is 0. The summed E-state index contributed by atoms with van der Waals surface area (Å²) in [4.78, 5) is 11.0. The van der Waals surface area contributed by atoms with Crippen molar-refractivity contribution >= 4 is 22.8 Å². The Morgan fingerprint density at radius 1 is 0.824 bits per heavy atom. The second kappa shape index (κ2) is 2.86. The number of carbonyl (C=O) groups excluding carboxylic acids is 1. The van der Waals surface area contributed by atoms with Crippen molar-refractivity contribution in [3.05, 3.63) is 54.1 Å². The van der Waals surface area contributed by atoms with Crippen LogP contribution in [0.15, 0.2) is 48.5 Å². The Kier molecular flexibility index (Phi) is 1.47. The van der Waals surface area contributed by atoms with E-state index in [9.17, 15) is 4.79 Å². The van der Waals surface area contributed by atoms with Crippen molar-refractivity contribution in [3.63, 3.8) is 0 Å². The quantitative estimate of drug-likeness (QED) is 0.449. The molecule has 0 unspecified atom stereocenters. The maximum absolute atomic E-state index is 11.0. The highest BCUT2D eigenvalue weighted by Gasteiger charge is 2.11. The third kappa shape index (κ3) is 1.02. The SMILES string of the molecule is O=Cc1ccc2cc3ccc4ccc(cc1-2)n43. The number of aromatic nitrogens is 1. The smallest absolute Gasteiger partial charge is 0.150 e. The standard InChI is InChI=1S/C15H9NO/c17-9-11-2-1-10-7-13-5-3-12-4-6-14(16(12)13)8-15(10)11/h1-9H. The van der Waals surface area contributed by atoms with Gasteiger partial charge in [0.1, 0.15) is 0 Å². The van der Waals surface area contributed by atoms with Crippen LogP contribution in [0.3, 0.4) is 0 Å². The molecular formula is C15H9NO. The van der Waals surface area contributed by atoms with Gasteiger partial charge in [0.15, 0.2) is 6.29 Å². The van der Waals surface area contributed by atoms with E-state index in [1.165, 1.54) is 5.52 Å². The largest absolute Gasteiger partial charge is 0.310 e.